The van der Waals surface area contributed by atoms with Gasteiger partial charge in [0.05, 0.1) is 0 Å². The van der Waals surface area contributed by atoms with Gasteiger partial charge in [-0.1, -0.05) is 13.6 Å². The molecule has 0 aliphatic heterocycles. The Morgan fingerprint density at radius 3 is 1.50 bits per heavy atom. The van der Waals surface area contributed by atoms with Gasteiger partial charge in [-0.3, -0.25) is 6.08 Å². The Bertz CT molecular complexity index is 15.0. The van der Waals surface area contributed by atoms with Crippen LogP contribution in [0.4, 0.5) is 0 Å². The Hall–Kier alpha value is 1.22. The topological polar surface area (TPSA) is 0 Å². The minimum absolute atomic E-state index is 0. The van der Waals surface area contributed by atoms with Crippen molar-refractivity contribution in [3.05, 3.63) is 12.7 Å². The summed E-state index contributed by atoms with van der Waals surface area (Å²) in [6.45, 7) is 8.42. The van der Waals surface area contributed by atoms with Crippen LogP contribution in [0.1, 0.15) is 6.92 Å². The molecule has 0 N–H and O–H groups in total. The monoisotopic (exact) mass is 327 g/mol. The zero-order valence-corrected chi connectivity index (χ0v) is 9.55. The first-order valence-corrected chi connectivity index (χ1v) is 2.64. The van der Waals surface area contributed by atoms with E-state index in [2.05, 4.69) is 9.24 Å². The van der Waals surface area contributed by atoms with Crippen molar-refractivity contribution in [3.8, 4) is 0 Å². The first kappa shape index (κ1) is 15.7. The van der Waals surface area contributed by atoms with E-state index in [9.17, 15) is 0 Å². The van der Waals surface area contributed by atoms with Gasteiger partial charge in [-0.05, 0) is 0 Å². The molecule has 1 atom stereocenters. The summed E-state index contributed by atoms with van der Waals surface area (Å²) in [7, 11) is 2.42. The van der Waals surface area contributed by atoms with E-state index in [0.29, 0.717) is 0 Å². The van der Waals surface area contributed by atoms with Crippen LogP contribution in [0.3, 0.4) is 0 Å². The molecule has 2 heteroatoms. The van der Waals surface area contributed by atoms with Crippen LogP contribution in [-0.2, 0) is 0 Å². The third-order valence-electron chi connectivity index (χ3n) is 0. The number of rotatable bonds is 0. The smallest absolute Gasteiger partial charge is 0 e. The van der Waals surface area contributed by atoms with E-state index in [0.717, 1.165) is 0 Å². The summed E-state index contributed by atoms with van der Waals surface area (Å²) in [5.74, 6) is 0. The second-order valence-electron chi connectivity index (χ2n) is 0.333. The van der Waals surface area contributed by atoms with Crippen molar-refractivity contribution in [1.29, 1.82) is 0 Å². The fourth-order valence-electron chi connectivity index (χ4n) is 0. The van der Waals surface area contributed by atoms with Gasteiger partial charge in [0.1, 0.15) is 0 Å². The Morgan fingerprint density at radius 1 is 1.50 bits per heavy atom. The summed E-state index contributed by atoms with van der Waals surface area (Å²) in [6.07, 6.45) is 1.50. The van der Waals surface area contributed by atoms with Gasteiger partial charge in [-0.2, -0.15) is 0 Å². The standard InChI is InChI=1S/C3H5.CH5P.U/c1-3-2;1-2;/h1,3H,2H3;2H2,1H3;/q-1;;. The van der Waals surface area contributed by atoms with Crippen LogP contribution in [-0.4, -0.2) is 6.66 Å². The molecule has 0 rings (SSSR count). The molecule has 0 aromatic rings. The molecule has 36 valence electrons. The van der Waals surface area contributed by atoms with Gasteiger partial charge in [0.25, 0.3) is 0 Å². The predicted octanol–water partition coefficient (Wildman–Crippen LogP) is 1.49. The third kappa shape index (κ3) is 62.3. The average molecular weight is 327 g/mol. The van der Waals surface area contributed by atoms with Gasteiger partial charge in [0.2, 0.25) is 0 Å². The maximum Gasteiger partial charge on any atom is 0 e. The molecule has 0 radical (unpaired) electrons. The van der Waals surface area contributed by atoms with E-state index in [4.69, 9.17) is 6.58 Å². The Morgan fingerprint density at radius 2 is 1.50 bits per heavy atom. The molecule has 0 amide bonds. The summed E-state index contributed by atoms with van der Waals surface area (Å²) >= 11 is 0. The van der Waals surface area contributed by atoms with Crippen molar-refractivity contribution >= 4 is 9.24 Å². The fraction of sp³-hybridized carbons (Fsp3) is 0.500. The molecule has 0 spiro atoms. The summed E-state index contributed by atoms with van der Waals surface area (Å²) < 4.78 is 0. The first-order chi connectivity index (χ1) is 2.41. The average Bonchev–Trinajstić information content (AvgIpc) is 1.46. The largest absolute Gasteiger partial charge is 0.518 e. The normalized spacial score (nSPS) is 3.17. The van der Waals surface area contributed by atoms with E-state index in [1.807, 2.05) is 6.66 Å². The SMILES string of the molecule is CP.[CH-]=CC.[U]. The predicted molar refractivity (Wildman–Crippen MR) is 30.2 cm³/mol. The molecule has 0 aromatic heterocycles. The summed E-state index contributed by atoms with van der Waals surface area (Å²) in [5, 5.41) is 0. The van der Waals surface area contributed by atoms with Gasteiger partial charge in [-0.15, -0.1) is 9.24 Å². The maximum absolute atomic E-state index is 4.72. The fourth-order valence-corrected chi connectivity index (χ4v) is 0. The third-order valence-corrected chi connectivity index (χ3v) is 0. The van der Waals surface area contributed by atoms with Crippen molar-refractivity contribution in [2.45, 2.75) is 6.92 Å². The van der Waals surface area contributed by atoms with Crippen LogP contribution in [0.5, 0.6) is 0 Å². The minimum atomic E-state index is 0. The molecule has 0 nitrogen and oxygen atoms in total. The minimum Gasteiger partial charge on any atom is -0.518 e. The van der Waals surface area contributed by atoms with Gasteiger partial charge in [-0.25, -0.2) is 0 Å². The van der Waals surface area contributed by atoms with E-state index in [1.165, 1.54) is 6.08 Å². The molecule has 0 bridgehead atoms. The Balaban J connectivity index is -0.0000000275. The Kier molecular flexibility index (Phi) is 89.8. The van der Waals surface area contributed by atoms with Crippen LogP contribution in [0.15, 0.2) is 6.08 Å². The van der Waals surface area contributed by atoms with Crippen LogP contribution in [0.2, 0.25) is 0 Å². The van der Waals surface area contributed by atoms with E-state index in [-0.39, 0.29) is 31.1 Å². The number of hydrogen-bond donors (Lipinski definition) is 0. The first-order valence-electron chi connectivity index (χ1n) is 1.49. The zero-order valence-electron chi connectivity index (χ0n) is 4.23. The molecule has 0 fully saturated rings. The number of allylic oxidation sites excluding steroid dienone is 1. The molecule has 1 unspecified atom stereocenters. The van der Waals surface area contributed by atoms with Crippen molar-refractivity contribution < 1.29 is 31.1 Å². The van der Waals surface area contributed by atoms with Crippen LogP contribution in [0, 0.1) is 37.7 Å². The molecule has 0 saturated heterocycles. The van der Waals surface area contributed by atoms with Crippen molar-refractivity contribution in [2.75, 3.05) is 6.66 Å². The zero-order chi connectivity index (χ0) is 4.71. The maximum atomic E-state index is 4.72. The van der Waals surface area contributed by atoms with Crippen LogP contribution >= 0.6 is 9.24 Å². The van der Waals surface area contributed by atoms with Crippen LogP contribution in [0.25, 0.3) is 0 Å². The van der Waals surface area contributed by atoms with E-state index >= 15 is 0 Å². The molecule has 0 saturated carbocycles. The molecule has 0 heterocycles. The summed E-state index contributed by atoms with van der Waals surface area (Å²) in [5.41, 5.74) is 0. The van der Waals surface area contributed by atoms with E-state index < -0.39 is 0 Å². The molecular formula is C4H10PU-. The van der Waals surface area contributed by atoms with Crippen molar-refractivity contribution in [2.24, 2.45) is 0 Å². The Labute approximate surface area is 66.4 Å². The van der Waals surface area contributed by atoms with Gasteiger partial charge < -0.3 is 6.58 Å². The molecule has 0 aromatic carbocycles. The van der Waals surface area contributed by atoms with Crippen molar-refractivity contribution in [1.82, 2.24) is 0 Å². The molecular weight excluding hydrogens is 317 g/mol. The quantitative estimate of drug-likeness (QED) is 0.467. The van der Waals surface area contributed by atoms with Crippen LogP contribution < -0.4 is 0 Å². The molecule has 6 heavy (non-hydrogen) atoms. The van der Waals surface area contributed by atoms with Gasteiger partial charge in [0.15, 0.2) is 0 Å². The summed E-state index contributed by atoms with van der Waals surface area (Å²) in [4.78, 5) is 0. The van der Waals surface area contributed by atoms with Gasteiger partial charge >= 0.3 is 0 Å². The second kappa shape index (κ2) is 34.4. The van der Waals surface area contributed by atoms with E-state index in [1.54, 1.807) is 6.92 Å². The van der Waals surface area contributed by atoms with Crippen molar-refractivity contribution in [3.63, 3.8) is 0 Å². The van der Waals surface area contributed by atoms with Gasteiger partial charge in [0, 0.05) is 31.1 Å². The molecule has 0 aliphatic rings. The molecule has 0 aliphatic carbocycles. The number of hydrogen-bond acceptors (Lipinski definition) is 0. The summed E-state index contributed by atoms with van der Waals surface area (Å²) in [6, 6.07) is 0. The second-order valence-corrected chi connectivity index (χ2v) is 0.333.